The summed E-state index contributed by atoms with van der Waals surface area (Å²) in [5, 5.41) is 32.9. The maximum atomic E-state index is 12.5. The Morgan fingerprint density at radius 3 is 1.90 bits per heavy atom. The van der Waals surface area contributed by atoms with Gasteiger partial charge < -0.3 is 26.0 Å². The Balaban J connectivity index is 2.23. The van der Waals surface area contributed by atoms with Crippen molar-refractivity contribution in [2.45, 2.75) is 24.6 Å². The van der Waals surface area contributed by atoms with E-state index in [1.54, 1.807) is 60.7 Å². The Bertz CT molecular complexity index is 871. The molecule has 2 aromatic carbocycles. The molecule has 2 amide bonds. The van der Waals surface area contributed by atoms with Crippen LogP contribution in [0.1, 0.15) is 28.4 Å². The van der Waals surface area contributed by atoms with Gasteiger partial charge in [0.15, 0.2) is 6.10 Å². The zero-order chi connectivity index (χ0) is 21.4. The standard InChI is InChI=1S/C20H20N2O7/c23-15(24)11-14(20(28)29)21-19(27)17(25)16(12-7-3-1-4-8-12)22-18(26)13-9-5-2-6-10-13/h1-10,14,16-17,25H,11H2,(H,21,27)(H,22,26)(H,23,24)(H,28,29)/t14-,16+,17-/m1/s1. The molecule has 2 rings (SSSR count). The summed E-state index contributed by atoms with van der Waals surface area (Å²) in [7, 11) is 0. The molecule has 0 radical (unpaired) electrons. The van der Waals surface area contributed by atoms with Gasteiger partial charge in [0, 0.05) is 5.56 Å². The van der Waals surface area contributed by atoms with Gasteiger partial charge in [-0.05, 0) is 17.7 Å². The van der Waals surface area contributed by atoms with Gasteiger partial charge in [0.05, 0.1) is 12.5 Å². The number of hydrogen-bond donors (Lipinski definition) is 5. The van der Waals surface area contributed by atoms with Crippen LogP contribution in [0.5, 0.6) is 0 Å². The van der Waals surface area contributed by atoms with Crippen LogP contribution in [0.25, 0.3) is 0 Å². The number of carbonyl (C=O) groups is 4. The summed E-state index contributed by atoms with van der Waals surface area (Å²) in [6.45, 7) is 0. The topological polar surface area (TPSA) is 153 Å². The highest BCUT2D eigenvalue weighted by molar-refractivity contribution is 5.95. The third-order valence-corrected chi connectivity index (χ3v) is 4.06. The summed E-state index contributed by atoms with van der Waals surface area (Å²) in [6.07, 6.45) is -2.72. The molecular formula is C20H20N2O7. The number of aliphatic hydroxyl groups excluding tert-OH is 1. The number of aliphatic carboxylic acids is 2. The third-order valence-electron chi connectivity index (χ3n) is 4.06. The van der Waals surface area contributed by atoms with Gasteiger partial charge in [0.2, 0.25) is 0 Å². The second kappa shape index (κ2) is 10.00. The van der Waals surface area contributed by atoms with Crippen LogP contribution in [0.2, 0.25) is 0 Å². The zero-order valence-electron chi connectivity index (χ0n) is 15.2. The highest BCUT2D eigenvalue weighted by atomic mass is 16.4. The molecule has 0 spiro atoms. The van der Waals surface area contributed by atoms with E-state index < -0.39 is 48.4 Å². The number of amides is 2. The first-order chi connectivity index (χ1) is 13.8. The molecule has 0 unspecified atom stereocenters. The summed E-state index contributed by atoms with van der Waals surface area (Å²) in [5.41, 5.74) is 0.708. The van der Waals surface area contributed by atoms with Crippen molar-refractivity contribution < 1.29 is 34.5 Å². The molecule has 0 aliphatic rings. The van der Waals surface area contributed by atoms with Crippen LogP contribution in [0.4, 0.5) is 0 Å². The van der Waals surface area contributed by atoms with Crippen molar-refractivity contribution >= 4 is 23.8 Å². The molecule has 0 bridgehead atoms. The quantitative estimate of drug-likeness (QED) is 0.412. The van der Waals surface area contributed by atoms with Crippen molar-refractivity contribution in [3.8, 4) is 0 Å². The minimum atomic E-state index is -1.86. The highest BCUT2D eigenvalue weighted by Gasteiger charge is 2.32. The van der Waals surface area contributed by atoms with E-state index in [2.05, 4.69) is 5.32 Å². The maximum Gasteiger partial charge on any atom is 0.326 e. The van der Waals surface area contributed by atoms with Crippen molar-refractivity contribution in [2.75, 3.05) is 0 Å². The number of carboxylic acid groups (broad SMARTS) is 2. The van der Waals surface area contributed by atoms with E-state index in [1.807, 2.05) is 5.32 Å². The molecule has 0 saturated carbocycles. The molecule has 29 heavy (non-hydrogen) atoms. The summed E-state index contributed by atoms with van der Waals surface area (Å²) >= 11 is 0. The molecule has 0 aliphatic carbocycles. The number of benzene rings is 2. The zero-order valence-corrected chi connectivity index (χ0v) is 15.2. The van der Waals surface area contributed by atoms with E-state index in [9.17, 15) is 24.3 Å². The van der Waals surface area contributed by atoms with Gasteiger partial charge in [-0.3, -0.25) is 14.4 Å². The number of carboxylic acids is 2. The van der Waals surface area contributed by atoms with Crippen LogP contribution in [0, 0.1) is 0 Å². The molecule has 2 aromatic rings. The SMILES string of the molecule is O=C(O)C[C@@H](NC(=O)[C@H](O)[C@@H](NC(=O)c1ccccc1)c1ccccc1)C(=O)O. The average molecular weight is 400 g/mol. The fraction of sp³-hybridized carbons (Fsp3) is 0.200. The average Bonchev–Trinajstić information content (AvgIpc) is 2.71. The van der Waals surface area contributed by atoms with Gasteiger partial charge in [-0.2, -0.15) is 0 Å². The molecule has 0 aliphatic heterocycles. The summed E-state index contributed by atoms with van der Waals surface area (Å²) in [5.74, 6) is -4.66. The molecule has 152 valence electrons. The molecule has 9 heteroatoms. The summed E-state index contributed by atoms with van der Waals surface area (Å²) in [4.78, 5) is 46.9. The first kappa shape index (κ1) is 21.6. The van der Waals surface area contributed by atoms with Crippen LogP contribution < -0.4 is 10.6 Å². The molecule has 0 heterocycles. The smallest absolute Gasteiger partial charge is 0.326 e. The van der Waals surface area contributed by atoms with Gasteiger partial charge in [-0.25, -0.2) is 4.79 Å². The minimum Gasteiger partial charge on any atom is -0.481 e. The van der Waals surface area contributed by atoms with Crippen molar-refractivity contribution in [2.24, 2.45) is 0 Å². The van der Waals surface area contributed by atoms with E-state index in [0.29, 0.717) is 11.1 Å². The van der Waals surface area contributed by atoms with Crippen LogP contribution in [-0.4, -0.2) is 51.2 Å². The van der Waals surface area contributed by atoms with E-state index in [1.165, 1.54) is 0 Å². The number of aliphatic hydroxyl groups is 1. The fourth-order valence-electron chi connectivity index (χ4n) is 2.60. The Morgan fingerprint density at radius 2 is 1.38 bits per heavy atom. The fourth-order valence-corrected chi connectivity index (χ4v) is 2.60. The molecule has 0 saturated heterocycles. The molecule has 0 fully saturated rings. The lowest BCUT2D eigenvalue weighted by Gasteiger charge is -2.25. The van der Waals surface area contributed by atoms with Gasteiger partial charge in [0.1, 0.15) is 6.04 Å². The molecule has 3 atom stereocenters. The summed E-state index contributed by atoms with van der Waals surface area (Å²) in [6, 6.07) is 13.4. The van der Waals surface area contributed by atoms with Crippen molar-refractivity contribution in [3.05, 3.63) is 71.8 Å². The van der Waals surface area contributed by atoms with Crippen LogP contribution in [-0.2, 0) is 14.4 Å². The molecule has 5 N–H and O–H groups in total. The van der Waals surface area contributed by atoms with Gasteiger partial charge in [-0.1, -0.05) is 48.5 Å². The Morgan fingerprint density at radius 1 is 0.828 bits per heavy atom. The largest absolute Gasteiger partial charge is 0.481 e. The van der Waals surface area contributed by atoms with Crippen molar-refractivity contribution in [3.63, 3.8) is 0 Å². The maximum absolute atomic E-state index is 12.5. The van der Waals surface area contributed by atoms with Crippen LogP contribution in [0.3, 0.4) is 0 Å². The van der Waals surface area contributed by atoms with Crippen LogP contribution in [0.15, 0.2) is 60.7 Å². The monoisotopic (exact) mass is 400 g/mol. The Labute approximate surface area is 166 Å². The predicted octanol–water partition coefficient (Wildman–Crippen LogP) is 0.563. The Hall–Kier alpha value is -3.72. The molecule has 9 nitrogen and oxygen atoms in total. The first-order valence-corrected chi connectivity index (χ1v) is 8.63. The normalized spacial score (nSPS) is 13.6. The van der Waals surface area contributed by atoms with E-state index in [0.717, 1.165) is 0 Å². The Kier molecular flexibility index (Phi) is 7.44. The van der Waals surface area contributed by atoms with E-state index in [-0.39, 0.29) is 0 Å². The number of nitrogens with one attached hydrogen (secondary N) is 2. The van der Waals surface area contributed by atoms with E-state index >= 15 is 0 Å². The van der Waals surface area contributed by atoms with Crippen molar-refractivity contribution in [1.82, 2.24) is 10.6 Å². The third kappa shape index (κ3) is 6.15. The lowest BCUT2D eigenvalue weighted by molar-refractivity contribution is -0.148. The summed E-state index contributed by atoms with van der Waals surface area (Å²) < 4.78 is 0. The predicted molar refractivity (Wildman–Crippen MR) is 101 cm³/mol. The lowest BCUT2D eigenvalue weighted by atomic mass is 9.99. The van der Waals surface area contributed by atoms with Gasteiger partial charge in [0.25, 0.3) is 11.8 Å². The minimum absolute atomic E-state index is 0.301. The second-order valence-electron chi connectivity index (χ2n) is 6.17. The van der Waals surface area contributed by atoms with E-state index in [4.69, 9.17) is 10.2 Å². The number of rotatable bonds is 9. The lowest BCUT2D eigenvalue weighted by Crippen LogP contribution is -2.50. The highest BCUT2D eigenvalue weighted by Crippen LogP contribution is 2.18. The van der Waals surface area contributed by atoms with Crippen molar-refractivity contribution in [1.29, 1.82) is 0 Å². The molecule has 0 aromatic heterocycles. The number of hydrogen-bond acceptors (Lipinski definition) is 5. The van der Waals surface area contributed by atoms with Crippen LogP contribution >= 0.6 is 0 Å². The molecular weight excluding hydrogens is 380 g/mol. The van der Waals surface area contributed by atoms with Gasteiger partial charge in [-0.15, -0.1) is 0 Å². The second-order valence-corrected chi connectivity index (χ2v) is 6.17. The first-order valence-electron chi connectivity index (χ1n) is 8.63. The van der Waals surface area contributed by atoms with Gasteiger partial charge >= 0.3 is 11.9 Å². The number of carbonyl (C=O) groups excluding carboxylic acids is 2.